The fourth-order valence-electron chi connectivity index (χ4n) is 1.53. The second-order valence-electron chi connectivity index (χ2n) is 4.63. The Bertz CT molecular complexity index is 332. The van der Waals surface area contributed by atoms with Gasteiger partial charge in [-0.05, 0) is 52.1 Å². The first-order valence-electron chi connectivity index (χ1n) is 5.99. The van der Waals surface area contributed by atoms with Crippen LogP contribution < -0.4 is 11.1 Å². The molecule has 0 aliphatic carbocycles. The minimum Gasteiger partial charge on any atom is -0.399 e. The topological polar surface area (TPSA) is 41.3 Å². The number of rotatable bonds is 6. The smallest absolute Gasteiger partial charge is 0.127 e. The van der Waals surface area contributed by atoms with Crippen LogP contribution in [-0.2, 0) is 0 Å². The summed E-state index contributed by atoms with van der Waals surface area (Å²) in [7, 11) is 2.10. The van der Waals surface area contributed by atoms with Gasteiger partial charge in [0.2, 0.25) is 0 Å². The zero-order valence-electron chi connectivity index (χ0n) is 10.8. The summed E-state index contributed by atoms with van der Waals surface area (Å²) in [4.78, 5) is 2.28. The Morgan fingerprint density at radius 2 is 2.06 bits per heavy atom. The number of nitrogens with two attached hydrogens (primary N) is 1. The molecule has 0 aromatic heterocycles. The monoisotopic (exact) mass is 239 g/mol. The average Bonchev–Trinajstić information content (AvgIpc) is 2.22. The van der Waals surface area contributed by atoms with Crippen molar-refractivity contribution in [3.05, 3.63) is 24.0 Å². The maximum absolute atomic E-state index is 13.0. The van der Waals surface area contributed by atoms with Crippen molar-refractivity contribution in [3.63, 3.8) is 0 Å². The van der Waals surface area contributed by atoms with Crippen LogP contribution in [0.3, 0.4) is 0 Å². The van der Waals surface area contributed by atoms with Gasteiger partial charge in [-0.15, -0.1) is 0 Å². The van der Waals surface area contributed by atoms with Crippen molar-refractivity contribution >= 4 is 11.4 Å². The molecule has 0 fully saturated rings. The van der Waals surface area contributed by atoms with Crippen LogP contribution in [0.25, 0.3) is 0 Å². The molecule has 0 radical (unpaired) electrons. The Kier molecular flexibility index (Phi) is 5.22. The highest BCUT2D eigenvalue weighted by molar-refractivity contribution is 5.54. The Hall–Kier alpha value is -1.29. The summed E-state index contributed by atoms with van der Waals surface area (Å²) in [5.41, 5.74) is 6.76. The third kappa shape index (κ3) is 5.04. The van der Waals surface area contributed by atoms with Gasteiger partial charge in [0.15, 0.2) is 0 Å². The van der Waals surface area contributed by atoms with Crippen LogP contribution in [0, 0.1) is 5.82 Å². The van der Waals surface area contributed by atoms with E-state index in [4.69, 9.17) is 5.73 Å². The first-order chi connectivity index (χ1) is 7.99. The Balaban J connectivity index is 2.31. The van der Waals surface area contributed by atoms with Crippen LogP contribution >= 0.6 is 0 Å². The summed E-state index contributed by atoms with van der Waals surface area (Å²) in [5.74, 6) is -0.299. The highest BCUT2D eigenvalue weighted by atomic mass is 19.1. The van der Waals surface area contributed by atoms with Gasteiger partial charge in [0.25, 0.3) is 0 Å². The summed E-state index contributed by atoms with van der Waals surface area (Å²) in [6, 6.07) is 5.08. The third-order valence-corrected chi connectivity index (χ3v) is 2.82. The van der Waals surface area contributed by atoms with Gasteiger partial charge in [0.1, 0.15) is 5.82 Å². The van der Waals surface area contributed by atoms with Crippen LogP contribution in [0.2, 0.25) is 0 Å². The lowest BCUT2D eigenvalue weighted by Gasteiger charge is -2.20. The number of halogens is 1. The summed E-state index contributed by atoms with van der Waals surface area (Å²) in [5, 5.41) is 3.17. The van der Waals surface area contributed by atoms with E-state index in [0.717, 1.165) is 25.2 Å². The fourth-order valence-corrected chi connectivity index (χ4v) is 1.53. The molecule has 96 valence electrons. The van der Waals surface area contributed by atoms with Crippen molar-refractivity contribution in [3.8, 4) is 0 Å². The number of nitrogen functional groups attached to an aromatic ring is 1. The standard InChI is InChI=1S/C13H22FN3/c1-10(2)17(3)6-4-5-16-13-8-11(14)7-12(15)9-13/h7-10,16H,4-6,15H2,1-3H3. The third-order valence-electron chi connectivity index (χ3n) is 2.82. The fraction of sp³-hybridized carbons (Fsp3) is 0.538. The molecule has 0 amide bonds. The van der Waals surface area contributed by atoms with Gasteiger partial charge in [0, 0.05) is 24.0 Å². The number of anilines is 2. The van der Waals surface area contributed by atoms with Crippen LogP contribution in [0.15, 0.2) is 18.2 Å². The molecule has 4 heteroatoms. The lowest BCUT2D eigenvalue weighted by atomic mass is 10.2. The summed E-state index contributed by atoms with van der Waals surface area (Å²) in [6.07, 6.45) is 1.02. The van der Waals surface area contributed by atoms with E-state index in [1.807, 2.05) is 0 Å². The van der Waals surface area contributed by atoms with Crippen molar-refractivity contribution in [1.82, 2.24) is 4.90 Å². The summed E-state index contributed by atoms with van der Waals surface area (Å²) < 4.78 is 13.0. The van der Waals surface area contributed by atoms with Gasteiger partial charge in [-0.2, -0.15) is 0 Å². The predicted octanol–water partition coefficient (Wildman–Crippen LogP) is 2.55. The summed E-state index contributed by atoms with van der Waals surface area (Å²) in [6.45, 7) is 6.18. The van der Waals surface area contributed by atoms with Gasteiger partial charge < -0.3 is 16.0 Å². The Labute approximate surface area is 103 Å². The van der Waals surface area contributed by atoms with Crippen molar-refractivity contribution < 1.29 is 4.39 Å². The van der Waals surface area contributed by atoms with E-state index < -0.39 is 0 Å². The molecular weight excluding hydrogens is 217 g/mol. The molecule has 0 unspecified atom stereocenters. The lowest BCUT2D eigenvalue weighted by Crippen LogP contribution is -2.28. The molecule has 3 nitrogen and oxygen atoms in total. The van der Waals surface area contributed by atoms with E-state index in [2.05, 4.69) is 31.1 Å². The lowest BCUT2D eigenvalue weighted by molar-refractivity contribution is 0.273. The molecule has 17 heavy (non-hydrogen) atoms. The van der Waals surface area contributed by atoms with Gasteiger partial charge in [-0.3, -0.25) is 0 Å². The molecule has 0 saturated heterocycles. The van der Waals surface area contributed by atoms with Crippen molar-refractivity contribution in [1.29, 1.82) is 0 Å². The molecule has 0 atom stereocenters. The Morgan fingerprint density at radius 3 is 2.65 bits per heavy atom. The number of nitrogens with zero attached hydrogens (tertiary/aromatic N) is 1. The summed E-state index contributed by atoms with van der Waals surface area (Å²) >= 11 is 0. The second kappa shape index (κ2) is 6.45. The largest absolute Gasteiger partial charge is 0.399 e. The molecular formula is C13H22FN3. The van der Waals surface area contributed by atoms with E-state index in [9.17, 15) is 4.39 Å². The first kappa shape index (κ1) is 13.8. The average molecular weight is 239 g/mol. The molecule has 0 bridgehead atoms. The van der Waals surface area contributed by atoms with E-state index in [-0.39, 0.29) is 5.82 Å². The number of hydrogen-bond donors (Lipinski definition) is 2. The normalized spacial score (nSPS) is 11.2. The van der Waals surface area contributed by atoms with Crippen LogP contribution in [0.4, 0.5) is 15.8 Å². The molecule has 3 N–H and O–H groups in total. The SMILES string of the molecule is CC(C)N(C)CCCNc1cc(N)cc(F)c1. The Morgan fingerprint density at radius 1 is 1.35 bits per heavy atom. The van der Waals surface area contributed by atoms with E-state index in [0.29, 0.717) is 11.7 Å². The van der Waals surface area contributed by atoms with Gasteiger partial charge in [0.05, 0.1) is 0 Å². The van der Waals surface area contributed by atoms with Crippen LogP contribution in [0.1, 0.15) is 20.3 Å². The van der Waals surface area contributed by atoms with E-state index in [1.165, 1.54) is 12.1 Å². The quantitative estimate of drug-likeness (QED) is 0.592. The predicted molar refractivity (Wildman–Crippen MR) is 71.7 cm³/mol. The van der Waals surface area contributed by atoms with Gasteiger partial charge in [-0.1, -0.05) is 0 Å². The zero-order chi connectivity index (χ0) is 12.8. The molecule has 1 aromatic rings. The molecule has 1 rings (SSSR count). The van der Waals surface area contributed by atoms with Gasteiger partial charge >= 0.3 is 0 Å². The highest BCUT2D eigenvalue weighted by Crippen LogP contribution is 2.15. The van der Waals surface area contributed by atoms with Crippen molar-refractivity contribution in [2.45, 2.75) is 26.3 Å². The molecule has 0 saturated carbocycles. The molecule has 0 heterocycles. The molecule has 1 aromatic carbocycles. The minimum atomic E-state index is -0.299. The van der Waals surface area contributed by atoms with Crippen LogP contribution in [-0.4, -0.2) is 31.1 Å². The van der Waals surface area contributed by atoms with Gasteiger partial charge in [-0.25, -0.2) is 4.39 Å². The zero-order valence-corrected chi connectivity index (χ0v) is 10.8. The highest BCUT2D eigenvalue weighted by Gasteiger charge is 2.02. The second-order valence-corrected chi connectivity index (χ2v) is 4.63. The molecule has 0 spiro atoms. The molecule has 0 aliphatic heterocycles. The maximum Gasteiger partial charge on any atom is 0.127 e. The number of benzene rings is 1. The minimum absolute atomic E-state index is 0.299. The number of nitrogens with one attached hydrogen (secondary N) is 1. The maximum atomic E-state index is 13.0. The van der Waals surface area contributed by atoms with E-state index >= 15 is 0 Å². The van der Waals surface area contributed by atoms with Crippen LogP contribution in [0.5, 0.6) is 0 Å². The van der Waals surface area contributed by atoms with Crippen molar-refractivity contribution in [2.75, 3.05) is 31.2 Å². The van der Waals surface area contributed by atoms with Crippen molar-refractivity contribution in [2.24, 2.45) is 0 Å². The molecule has 0 aliphatic rings. The first-order valence-corrected chi connectivity index (χ1v) is 5.99. The van der Waals surface area contributed by atoms with E-state index in [1.54, 1.807) is 6.07 Å². The number of hydrogen-bond acceptors (Lipinski definition) is 3.